The van der Waals surface area contributed by atoms with Gasteiger partial charge in [0, 0.05) is 30.3 Å². The fourth-order valence-electron chi connectivity index (χ4n) is 5.00. The number of aromatic nitrogens is 1. The number of nitrogens with one attached hydrogen (secondary N) is 1. The first-order valence-electron chi connectivity index (χ1n) is 12.8. The third-order valence-electron chi connectivity index (χ3n) is 6.91. The lowest BCUT2D eigenvalue weighted by Gasteiger charge is -2.18. The van der Waals surface area contributed by atoms with Gasteiger partial charge in [0.05, 0.1) is 13.7 Å². The van der Waals surface area contributed by atoms with Crippen LogP contribution in [0, 0.1) is 0 Å². The number of alkyl carbamates (subject to hydrolysis) is 1. The fourth-order valence-corrected chi connectivity index (χ4v) is 5.00. The lowest BCUT2D eigenvalue weighted by Crippen LogP contribution is -2.43. The Hall–Kier alpha value is -4.72. The van der Waals surface area contributed by atoms with Crippen LogP contribution in [-0.4, -0.2) is 48.1 Å². The van der Waals surface area contributed by atoms with Crippen LogP contribution in [0.1, 0.15) is 22.7 Å². The van der Waals surface area contributed by atoms with Crippen molar-refractivity contribution in [2.75, 3.05) is 20.3 Å². The van der Waals surface area contributed by atoms with Crippen molar-refractivity contribution >= 4 is 12.1 Å². The zero-order valence-corrected chi connectivity index (χ0v) is 21.6. The number of carbonyl (C=O) groups is 2. The van der Waals surface area contributed by atoms with Gasteiger partial charge in [-0.2, -0.15) is 0 Å². The summed E-state index contributed by atoms with van der Waals surface area (Å²) >= 11 is 0. The molecule has 0 saturated heterocycles. The number of methoxy groups -OCH3 is 1. The summed E-state index contributed by atoms with van der Waals surface area (Å²) in [5.74, 6) is 0.151. The number of amides is 1. The average molecular weight is 527 g/mol. The van der Waals surface area contributed by atoms with Gasteiger partial charge in [-0.05, 0) is 46.5 Å². The molecule has 4 aromatic rings. The number of nitrogens with zero attached hydrogens (tertiary/aromatic N) is 1. The minimum Gasteiger partial charge on any atom is -0.497 e. The number of carboxylic acids is 1. The van der Waals surface area contributed by atoms with Crippen LogP contribution >= 0.6 is 0 Å². The summed E-state index contributed by atoms with van der Waals surface area (Å²) in [7, 11) is 1.60. The number of hydrogen-bond acceptors (Lipinski definition) is 5. The van der Waals surface area contributed by atoms with Crippen LogP contribution in [0.4, 0.5) is 4.79 Å². The average Bonchev–Trinajstić information content (AvgIpc) is 3.53. The Kier molecular flexibility index (Phi) is 7.82. The molecule has 5 rings (SSSR count). The summed E-state index contributed by atoms with van der Waals surface area (Å²) < 4.78 is 18.5. The van der Waals surface area contributed by atoms with Crippen LogP contribution < -0.4 is 14.8 Å². The number of fused-ring (bicyclic) bond motifs is 3. The molecule has 0 bridgehead atoms. The predicted molar refractivity (Wildman–Crippen MR) is 146 cm³/mol. The fraction of sp³-hybridized carbons (Fsp3) is 0.226. The molecule has 39 heavy (non-hydrogen) atoms. The summed E-state index contributed by atoms with van der Waals surface area (Å²) in [4.78, 5) is 24.7. The van der Waals surface area contributed by atoms with Gasteiger partial charge in [0.25, 0.3) is 0 Å². The van der Waals surface area contributed by atoms with Crippen molar-refractivity contribution in [2.45, 2.75) is 24.9 Å². The van der Waals surface area contributed by atoms with E-state index in [2.05, 4.69) is 17.4 Å². The number of benzene rings is 3. The van der Waals surface area contributed by atoms with E-state index in [-0.39, 0.29) is 18.9 Å². The van der Waals surface area contributed by atoms with E-state index in [0.29, 0.717) is 24.7 Å². The van der Waals surface area contributed by atoms with Crippen molar-refractivity contribution in [3.05, 3.63) is 108 Å². The van der Waals surface area contributed by atoms with E-state index in [1.165, 1.54) is 0 Å². The normalized spacial score (nSPS) is 12.7. The highest BCUT2D eigenvalue weighted by Crippen LogP contribution is 2.44. The first kappa shape index (κ1) is 25.9. The molecule has 2 N–H and O–H groups in total. The van der Waals surface area contributed by atoms with Gasteiger partial charge in [0.1, 0.15) is 30.8 Å². The van der Waals surface area contributed by atoms with Crippen LogP contribution in [0.2, 0.25) is 0 Å². The molecule has 8 heteroatoms. The second-order valence-corrected chi connectivity index (χ2v) is 9.29. The maximum Gasteiger partial charge on any atom is 0.407 e. The molecule has 1 atom stereocenters. The number of ether oxygens (including phenoxy) is 3. The Bertz CT molecular complexity index is 1420. The van der Waals surface area contributed by atoms with Gasteiger partial charge in [-0.25, -0.2) is 9.59 Å². The summed E-state index contributed by atoms with van der Waals surface area (Å²) in [6.07, 6.45) is 1.20. The molecule has 1 amide bonds. The van der Waals surface area contributed by atoms with Gasteiger partial charge in [-0.1, -0.05) is 54.6 Å². The highest BCUT2D eigenvalue weighted by molar-refractivity contribution is 5.81. The van der Waals surface area contributed by atoms with Gasteiger partial charge in [-0.3, -0.25) is 0 Å². The highest BCUT2D eigenvalue weighted by atomic mass is 16.5. The minimum absolute atomic E-state index is 0.103. The summed E-state index contributed by atoms with van der Waals surface area (Å²) in [5.41, 5.74) is 5.20. The van der Waals surface area contributed by atoms with Crippen LogP contribution in [0.3, 0.4) is 0 Å². The number of hydrogen-bond donors (Lipinski definition) is 2. The molecule has 0 radical (unpaired) electrons. The predicted octanol–water partition coefficient (Wildman–Crippen LogP) is 5.11. The third-order valence-corrected chi connectivity index (χ3v) is 6.91. The van der Waals surface area contributed by atoms with Gasteiger partial charge in [0.15, 0.2) is 0 Å². The molecule has 1 aliphatic carbocycles. The first-order chi connectivity index (χ1) is 19.0. The summed E-state index contributed by atoms with van der Waals surface area (Å²) in [6.45, 7) is 1.01. The smallest absolute Gasteiger partial charge is 0.407 e. The van der Waals surface area contributed by atoms with Gasteiger partial charge in [-0.15, -0.1) is 0 Å². The largest absolute Gasteiger partial charge is 0.497 e. The lowest BCUT2D eigenvalue weighted by atomic mass is 9.98. The van der Waals surface area contributed by atoms with Gasteiger partial charge >= 0.3 is 12.1 Å². The van der Waals surface area contributed by atoms with Crippen molar-refractivity contribution < 1.29 is 28.9 Å². The van der Waals surface area contributed by atoms with Crippen LogP contribution in [-0.2, 0) is 22.5 Å². The van der Waals surface area contributed by atoms with Crippen LogP contribution in [0.5, 0.6) is 11.5 Å². The SMILES string of the molecule is COc1cccc(OCCn2cccc2CC(NC(=O)OCC2c3ccccc3-c3ccccc32)C(=O)O)c1. The molecule has 0 aliphatic heterocycles. The second-order valence-electron chi connectivity index (χ2n) is 9.29. The van der Waals surface area contributed by atoms with Gasteiger partial charge in [0.2, 0.25) is 0 Å². The molecule has 0 spiro atoms. The molecule has 0 fully saturated rings. The number of carboxylic acid groups (broad SMARTS) is 1. The Balaban J connectivity index is 1.17. The maximum atomic E-state index is 12.7. The molecule has 1 aliphatic rings. The summed E-state index contributed by atoms with van der Waals surface area (Å²) in [5, 5.41) is 12.3. The van der Waals surface area contributed by atoms with E-state index in [1.54, 1.807) is 13.2 Å². The molecule has 0 saturated carbocycles. The molecular formula is C31H30N2O6. The highest BCUT2D eigenvalue weighted by Gasteiger charge is 2.30. The van der Waals surface area contributed by atoms with Crippen LogP contribution in [0.15, 0.2) is 91.1 Å². The van der Waals surface area contributed by atoms with Crippen LogP contribution in [0.25, 0.3) is 11.1 Å². The number of aliphatic carboxylic acids is 1. The van der Waals surface area contributed by atoms with Crippen molar-refractivity contribution in [3.8, 4) is 22.6 Å². The van der Waals surface area contributed by atoms with Gasteiger partial charge < -0.3 is 29.2 Å². The topological polar surface area (TPSA) is 99.0 Å². The van der Waals surface area contributed by atoms with E-state index >= 15 is 0 Å². The molecular weight excluding hydrogens is 496 g/mol. The van der Waals surface area contributed by atoms with E-state index in [4.69, 9.17) is 14.2 Å². The number of rotatable bonds is 11. The van der Waals surface area contributed by atoms with E-state index in [9.17, 15) is 14.7 Å². The van der Waals surface area contributed by atoms with Crippen molar-refractivity contribution in [3.63, 3.8) is 0 Å². The minimum atomic E-state index is -1.14. The zero-order chi connectivity index (χ0) is 27.2. The third kappa shape index (κ3) is 5.90. The van der Waals surface area contributed by atoms with Crippen molar-refractivity contribution in [2.24, 2.45) is 0 Å². The Labute approximate surface area is 226 Å². The van der Waals surface area contributed by atoms with Crippen molar-refractivity contribution in [1.29, 1.82) is 0 Å². The monoisotopic (exact) mass is 526 g/mol. The molecule has 3 aromatic carbocycles. The molecule has 1 heterocycles. The second kappa shape index (κ2) is 11.8. The van der Waals surface area contributed by atoms with E-state index in [1.807, 2.05) is 77.5 Å². The molecule has 200 valence electrons. The quantitative estimate of drug-likeness (QED) is 0.282. The van der Waals surface area contributed by atoms with Crippen molar-refractivity contribution in [1.82, 2.24) is 9.88 Å². The van der Waals surface area contributed by atoms with E-state index in [0.717, 1.165) is 27.9 Å². The van der Waals surface area contributed by atoms with E-state index < -0.39 is 18.1 Å². The summed E-state index contributed by atoms with van der Waals surface area (Å²) in [6, 6.07) is 26.0. The number of carbonyl (C=O) groups excluding carboxylic acids is 1. The Morgan fingerprint density at radius 2 is 1.62 bits per heavy atom. The molecule has 8 nitrogen and oxygen atoms in total. The molecule has 1 unspecified atom stereocenters. The molecule has 1 aromatic heterocycles. The maximum absolute atomic E-state index is 12.7. The Morgan fingerprint density at radius 1 is 0.923 bits per heavy atom. The Morgan fingerprint density at radius 3 is 2.31 bits per heavy atom. The zero-order valence-electron chi connectivity index (χ0n) is 21.6. The lowest BCUT2D eigenvalue weighted by molar-refractivity contribution is -0.139. The first-order valence-corrected chi connectivity index (χ1v) is 12.8. The standard InChI is InChI=1S/C31H30N2O6/c1-37-22-9-6-10-23(19-22)38-17-16-33-15-7-8-21(33)18-29(30(34)35)32-31(36)39-20-28-26-13-4-2-11-24(26)25-12-3-5-14-27(25)28/h2-15,19,28-29H,16-18,20H2,1H3,(H,32,36)(H,34,35).